The Morgan fingerprint density at radius 3 is 3.00 bits per heavy atom. The molecular weight excluding hydrogens is 278 g/mol. The molecular formula is C16H21N5O. The van der Waals surface area contributed by atoms with Crippen LogP contribution in [0.25, 0.3) is 11.0 Å². The lowest BCUT2D eigenvalue weighted by molar-refractivity contribution is 0.250. The molecule has 0 saturated carbocycles. The number of hydrogen-bond acceptors (Lipinski definition) is 5. The van der Waals surface area contributed by atoms with Gasteiger partial charge in [-0.25, -0.2) is 4.98 Å². The summed E-state index contributed by atoms with van der Waals surface area (Å²) in [7, 11) is 4.11. The zero-order chi connectivity index (χ0) is 15.5. The van der Waals surface area contributed by atoms with Crippen molar-refractivity contribution in [3.8, 4) is 0 Å². The lowest BCUT2D eigenvalue weighted by Gasteiger charge is -2.22. The summed E-state index contributed by atoms with van der Waals surface area (Å²) in [4.78, 5) is 6.52. The number of nitrogens with one attached hydrogen (secondary N) is 2. The Balaban J connectivity index is 1.64. The summed E-state index contributed by atoms with van der Waals surface area (Å²) in [6.45, 7) is 3.58. The highest BCUT2D eigenvalue weighted by Gasteiger charge is 2.16. The summed E-state index contributed by atoms with van der Waals surface area (Å²) in [6, 6.07) is 6.27. The van der Waals surface area contributed by atoms with Crippen LogP contribution in [0.4, 0.5) is 0 Å². The summed E-state index contributed by atoms with van der Waals surface area (Å²) in [6.07, 6.45) is 3.58. The van der Waals surface area contributed by atoms with Crippen molar-refractivity contribution >= 4 is 11.0 Å². The number of rotatable bonds is 6. The van der Waals surface area contributed by atoms with Crippen LogP contribution in [0.2, 0.25) is 0 Å². The molecule has 6 heteroatoms. The van der Waals surface area contributed by atoms with Crippen LogP contribution in [-0.4, -0.2) is 40.7 Å². The van der Waals surface area contributed by atoms with E-state index >= 15 is 0 Å². The molecule has 3 aromatic rings. The molecule has 3 heterocycles. The molecule has 0 aliphatic heterocycles. The standard InChI is InChI=1S/C16H21N5O/c1-11-13-7-12(9-18-16(13)20-19-11)8-17-10-14(21(2)3)15-5-4-6-22-15/h4-7,9,14,17H,8,10H2,1-3H3,(H,18,19,20). The fraction of sp³-hybridized carbons (Fsp3) is 0.375. The summed E-state index contributed by atoms with van der Waals surface area (Å²) in [5, 5.41) is 11.7. The summed E-state index contributed by atoms with van der Waals surface area (Å²) < 4.78 is 5.52. The van der Waals surface area contributed by atoms with E-state index < -0.39 is 0 Å². The number of fused-ring (bicyclic) bond motifs is 1. The minimum absolute atomic E-state index is 0.211. The van der Waals surface area contributed by atoms with Crippen LogP contribution in [0.5, 0.6) is 0 Å². The topological polar surface area (TPSA) is 70.0 Å². The van der Waals surface area contributed by atoms with Crippen molar-refractivity contribution in [3.63, 3.8) is 0 Å². The van der Waals surface area contributed by atoms with E-state index in [1.165, 1.54) is 0 Å². The molecule has 0 aromatic carbocycles. The quantitative estimate of drug-likeness (QED) is 0.730. The molecule has 0 radical (unpaired) electrons. The van der Waals surface area contributed by atoms with Gasteiger partial charge in [-0.3, -0.25) is 10.00 Å². The molecule has 3 rings (SSSR count). The molecule has 3 aromatic heterocycles. The number of nitrogens with zero attached hydrogens (tertiary/aromatic N) is 3. The molecule has 0 aliphatic rings. The van der Waals surface area contributed by atoms with Gasteiger partial charge in [0.25, 0.3) is 0 Å². The molecule has 1 unspecified atom stereocenters. The highest BCUT2D eigenvalue weighted by atomic mass is 16.3. The Labute approximate surface area is 129 Å². The second-order valence-corrected chi connectivity index (χ2v) is 5.69. The van der Waals surface area contributed by atoms with Gasteiger partial charge in [-0.05, 0) is 44.8 Å². The minimum atomic E-state index is 0.211. The fourth-order valence-corrected chi connectivity index (χ4v) is 2.53. The van der Waals surface area contributed by atoms with Gasteiger partial charge in [-0.2, -0.15) is 5.10 Å². The maximum atomic E-state index is 5.52. The number of pyridine rings is 1. The predicted octanol–water partition coefficient (Wildman–Crippen LogP) is 2.25. The summed E-state index contributed by atoms with van der Waals surface area (Å²) in [5.41, 5.74) is 2.96. The number of aromatic amines is 1. The van der Waals surface area contributed by atoms with Crippen LogP contribution in [0.1, 0.15) is 23.1 Å². The van der Waals surface area contributed by atoms with E-state index in [0.717, 1.165) is 41.1 Å². The highest BCUT2D eigenvalue weighted by molar-refractivity contribution is 5.77. The number of furan rings is 1. The van der Waals surface area contributed by atoms with Gasteiger partial charge in [0, 0.05) is 30.4 Å². The molecule has 0 aliphatic carbocycles. The van der Waals surface area contributed by atoms with Gasteiger partial charge in [-0.15, -0.1) is 0 Å². The third-order valence-corrected chi connectivity index (χ3v) is 3.82. The molecule has 22 heavy (non-hydrogen) atoms. The van der Waals surface area contributed by atoms with E-state index in [1.807, 2.05) is 25.3 Å². The molecule has 6 nitrogen and oxygen atoms in total. The molecule has 2 N–H and O–H groups in total. The first-order valence-electron chi connectivity index (χ1n) is 7.35. The Morgan fingerprint density at radius 1 is 1.41 bits per heavy atom. The zero-order valence-corrected chi connectivity index (χ0v) is 13.1. The van der Waals surface area contributed by atoms with Crippen LogP contribution in [-0.2, 0) is 6.54 Å². The number of aromatic nitrogens is 3. The van der Waals surface area contributed by atoms with Crippen molar-refractivity contribution in [2.24, 2.45) is 0 Å². The lowest BCUT2D eigenvalue weighted by Crippen LogP contribution is -2.30. The molecule has 1 atom stereocenters. The average Bonchev–Trinajstić information content (AvgIpc) is 3.14. The van der Waals surface area contributed by atoms with Crippen molar-refractivity contribution in [1.29, 1.82) is 0 Å². The second kappa shape index (κ2) is 6.29. The van der Waals surface area contributed by atoms with Crippen molar-refractivity contribution in [3.05, 3.63) is 47.7 Å². The van der Waals surface area contributed by atoms with Crippen LogP contribution >= 0.6 is 0 Å². The summed E-state index contributed by atoms with van der Waals surface area (Å²) >= 11 is 0. The monoisotopic (exact) mass is 299 g/mol. The van der Waals surface area contributed by atoms with E-state index in [-0.39, 0.29) is 6.04 Å². The highest BCUT2D eigenvalue weighted by Crippen LogP contribution is 2.18. The smallest absolute Gasteiger partial charge is 0.181 e. The van der Waals surface area contributed by atoms with Crippen molar-refractivity contribution in [2.45, 2.75) is 19.5 Å². The van der Waals surface area contributed by atoms with Gasteiger partial charge in [-0.1, -0.05) is 0 Å². The van der Waals surface area contributed by atoms with E-state index in [9.17, 15) is 0 Å². The lowest BCUT2D eigenvalue weighted by atomic mass is 10.2. The van der Waals surface area contributed by atoms with Crippen molar-refractivity contribution in [1.82, 2.24) is 25.4 Å². The average molecular weight is 299 g/mol. The Bertz CT molecular complexity index is 732. The first-order chi connectivity index (χ1) is 10.6. The number of hydrogen-bond donors (Lipinski definition) is 2. The van der Waals surface area contributed by atoms with Crippen LogP contribution in [0.3, 0.4) is 0 Å². The molecule has 0 amide bonds. The molecule has 0 fully saturated rings. The van der Waals surface area contributed by atoms with E-state index in [1.54, 1.807) is 6.26 Å². The third kappa shape index (κ3) is 3.03. The Kier molecular flexibility index (Phi) is 4.22. The first-order valence-corrected chi connectivity index (χ1v) is 7.35. The van der Waals surface area contributed by atoms with Gasteiger partial charge < -0.3 is 9.73 Å². The SMILES string of the molecule is Cc1[nH]nc2ncc(CNCC(c3ccco3)N(C)C)cc12. The molecule has 0 saturated heterocycles. The van der Waals surface area contributed by atoms with Gasteiger partial charge >= 0.3 is 0 Å². The third-order valence-electron chi connectivity index (χ3n) is 3.82. The van der Waals surface area contributed by atoms with Gasteiger partial charge in [0.05, 0.1) is 12.3 Å². The van der Waals surface area contributed by atoms with E-state index in [2.05, 4.69) is 45.6 Å². The predicted molar refractivity (Wildman–Crippen MR) is 85.5 cm³/mol. The Hall–Kier alpha value is -2.18. The molecule has 0 bridgehead atoms. The number of likely N-dealkylation sites (N-methyl/N-ethyl adjacent to an activating group) is 1. The zero-order valence-electron chi connectivity index (χ0n) is 13.1. The van der Waals surface area contributed by atoms with Gasteiger partial charge in [0.15, 0.2) is 5.65 Å². The van der Waals surface area contributed by atoms with Crippen molar-refractivity contribution in [2.75, 3.05) is 20.6 Å². The largest absolute Gasteiger partial charge is 0.468 e. The minimum Gasteiger partial charge on any atom is -0.468 e. The molecule has 116 valence electrons. The van der Waals surface area contributed by atoms with Crippen LogP contribution in [0.15, 0.2) is 35.1 Å². The number of aryl methyl sites for hydroxylation is 1. The van der Waals surface area contributed by atoms with Crippen molar-refractivity contribution < 1.29 is 4.42 Å². The maximum absolute atomic E-state index is 5.52. The van der Waals surface area contributed by atoms with Crippen LogP contribution in [0, 0.1) is 6.92 Å². The van der Waals surface area contributed by atoms with Gasteiger partial charge in [0.2, 0.25) is 0 Å². The van der Waals surface area contributed by atoms with E-state index in [0.29, 0.717) is 0 Å². The molecule has 0 spiro atoms. The van der Waals surface area contributed by atoms with Gasteiger partial charge in [0.1, 0.15) is 5.76 Å². The second-order valence-electron chi connectivity index (χ2n) is 5.69. The van der Waals surface area contributed by atoms with E-state index in [4.69, 9.17) is 4.42 Å². The fourth-order valence-electron chi connectivity index (χ4n) is 2.53. The van der Waals surface area contributed by atoms with Crippen LogP contribution < -0.4 is 5.32 Å². The normalized spacial score (nSPS) is 13.1. The maximum Gasteiger partial charge on any atom is 0.181 e. The summed E-state index contributed by atoms with van der Waals surface area (Å²) in [5.74, 6) is 0.969. The first kappa shape index (κ1) is 14.7. The number of H-pyrrole nitrogens is 1. The Morgan fingerprint density at radius 2 is 2.27 bits per heavy atom.